The summed E-state index contributed by atoms with van der Waals surface area (Å²) in [4.78, 5) is 11.9. The molecule has 3 heteroatoms. The van der Waals surface area contributed by atoms with Crippen LogP contribution in [0.15, 0.2) is 24.3 Å². The third kappa shape index (κ3) is 3.94. The van der Waals surface area contributed by atoms with E-state index < -0.39 is 6.10 Å². The molecule has 1 saturated carbocycles. The number of benzene rings is 1. The molecule has 1 aromatic rings. The number of aliphatic hydroxyl groups is 1. The van der Waals surface area contributed by atoms with E-state index in [1.165, 1.54) is 5.56 Å². The number of carbonyl (C=O) groups excluding carboxylic acids is 1. The van der Waals surface area contributed by atoms with Gasteiger partial charge in [-0.15, -0.1) is 0 Å². The number of rotatable bonds is 3. The van der Waals surface area contributed by atoms with Gasteiger partial charge in [0.05, 0.1) is 12.1 Å². The molecule has 1 aliphatic rings. The van der Waals surface area contributed by atoms with Crippen LogP contribution in [0.3, 0.4) is 0 Å². The van der Waals surface area contributed by atoms with Gasteiger partial charge >= 0.3 is 0 Å². The summed E-state index contributed by atoms with van der Waals surface area (Å²) in [6.45, 7) is 4.09. The molecule has 0 spiro atoms. The lowest BCUT2D eigenvalue weighted by atomic mass is 9.92. The van der Waals surface area contributed by atoms with Crippen LogP contribution in [-0.4, -0.2) is 23.2 Å². The monoisotopic (exact) mass is 273 g/mol. The van der Waals surface area contributed by atoms with Crippen molar-refractivity contribution in [3.63, 3.8) is 0 Å². The van der Waals surface area contributed by atoms with Crippen LogP contribution in [0.4, 0.5) is 0 Å². The fourth-order valence-corrected chi connectivity index (χ4v) is 2.69. The zero-order valence-electron chi connectivity index (χ0n) is 12.2. The van der Waals surface area contributed by atoms with Gasteiger partial charge in [0.2, 0.25) is 5.91 Å². The van der Waals surface area contributed by atoms with Crippen LogP contribution in [0.1, 0.15) is 42.4 Å². The smallest absolute Gasteiger partial charge is 0.244 e. The average molecular weight is 273 g/mol. The zero-order chi connectivity index (χ0) is 14.5. The van der Waals surface area contributed by atoms with Crippen molar-refractivity contribution in [2.24, 2.45) is 0 Å². The molecule has 1 fully saturated rings. The lowest BCUT2D eigenvalue weighted by Crippen LogP contribution is -2.44. The second-order valence-corrected chi connectivity index (χ2v) is 5.66. The summed E-state index contributed by atoms with van der Waals surface area (Å²) in [5.41, 5.74) is 3.43. The van der Waals surface area contributed by atoms with Gasteiger partial charge in [0.1, 0.15) is 0 Å². The second kappa shape index (κ2) is 6.71. The minimum Gasteiger partial charge on any atom is -0.391 e. The quantitative estimate of drug-likeness (QED) is 0.832. The molecule has 20 heavy (non-hydrogen) atoms. The van der Waals surface area contributed by atoms with Crippen molar-refractivity contribution >= 4 is 12.0 Å². The maximum absolute atomic E-state index is 11.9. The fraction of sp³-hybridized carbons (Fsp3) is 0.471. The van der Waals surface area contributed by atoms with Crippen molar-refractivity contribution in [2.45, 2.75) is 51.7 Å². The van der Waals surface area contributed by atoms with Crippen molar-refractivity contribution in [3.05, 3.63) is 41.0 Å². The van der Waals surface area contributed by atoms with Crippen LogP contribution in [0, 0.1) is 13.8 Å². The van der Waals surface area contributed by atoms with Crippen molar-refractivity contribution in [1.29, 1.82) is 0 Å². The molecule has 1 aromatic carbocycles. The third-order valence-electron chi connectivity index (χ3n) is 3.90. The summed E-state index contributed by atoms with van der Waals surface area (Å²) < 4.78 is 0. The van der Waals surface area contributed by atoms with Gasteiger partial charge in [-0.1, -0.05) is 36.6 Å². The molecule has 2 N–H and O–H groups in total. The number of aliphatic hydroxyl groups excluding tert-OH is 1. The molecule has 0 bridgehead atoms. The van der Waals surface area contributed by atoms with Gasteiger partial charge in [0.25, 0.3) is 0 Å². The number of hydrogen-bond acceptors (Lipinski definition) is 2. The summed E-state index contributed by atoms with van der Waals surface area (Å²) >= 11 is 0. The number of carbonyl (C=O) groups is 1. The molecule has 0 saturated heterocycles. The Hall–Kier alpha value is -1.61. The van der Waals surface area contributed by atoms with Crippen LogP contribution >= 0.6 is 0 Å². The molecule has 0 radical (unpaired) electrons. The Labute approximate surface area is 120 Å². The van der Waals surface area contributed by atoms with Gasteiger partial charge in [-0.25, -0.2) is 0 Å². The Kier molecular flexibility index (Phi) is 4.96. The molecular weight excluding hydrogens is 250 g/mol. The first-order valence-corrected chi connectivity index (χ1v) is 7.30. The third-order valence-corrected chi connectivity index (χ3v) is 3.90. The number of aryl methyl sites for hydroxylation is 2. The summed E-state index contributed by atoms with van der Waals surface area (Å²) in [6, 6.07) is 6.06. The highest BCUT2D eigenvalue weighted by molar-refractivity contribution is 5.92. The standard InChI is InChI=1S/C17H23NO2/c1-12-7-8-14(13(2)11-12)9-10-17(20)18-15-5-3-4-6-16(15)19/h7-11,15-16,19H,3-6H2,1-2H3,(H,18,20)/b10-9+/t15-,16-/m1/s1. The Morgan fingerprint density at radius 2 is 2.05 bits per heavy atom. The van der Waals surface area contributed by atoms with E-state index in [0.29, 0.717) is 0 Å². The first-order valence-electron chi connectivity index (χ1n) is 7.30. The van der Waals surface area contributed by atoms with E-state index in [4.69, 9.17) is 0 Å². The topological polar surface area (TPSA) is 49.3 Å². The van der Waals surface area contributed by atoms with Crippen LogP contribution in [0.5, 0.6) is 0 Å². The lowest BCUT2D eigenvalue weighted by molar-refractivity contribution is -0.118. The predicted octanol–water partition coefficient (Wildman–Crippen LogP) is 2.74. The Bertz CT molecular complexity index is 508. The second-order valence-electron chi connectivity index (χ2n) is 5.66. The van der Waals surface area contributed by atoms with Crippen molar-refractivity contribution in [2.75, 3.05) is 0 Å². The van der Waals surface area contributed by atoms with Crippen molar-refractivity contribution in [1.82, 2.24) is 5.32 Å². The van der Waals surface area contributed by atoms with E-state index in [0.717, 1.165) is 36.8 Å². The maximum Gasteiger partial charge on any atom is 0.244 e. The average Bonchev–Trinajstić information content (AvgIpc) is 2.40. The minimum atomic E-state index is -0.401. The highest BCUT2D eigenvalue weighted by Crippen LogP contribution is 2.18. The van der Waals surface area contributed by atoms with E-state index >= 15 is 0 Å². The van der Waals surface area contributed by atoms with Crippen molar-refractivity contribution in [3.8, 4) is 0 Å². The van der Waals surface area contributed by atoms with E-state index in [-0.39, 0.29) is 11.9 Å². The molecule has 0 unspecified atom stereocenters. The summed E-state index contributed by atoms with van der Waals surface area (Å²) in [7, 11) is 0. The maximum atomic E-state index is 11.9. The number of hydrogen-bond donors (Lipinski definition) is 2. The molecule has 2 rings (SSSR count). The molecule has 1 amide bonds. The van der Waals surface area contributed by atoms with Crippen molar-refractivity contribution < 1.29 is 9.90 Å². The van der Waals surface area contributed by atoms with Gasteiger partial charge in [-0.05, 0) is 43.9 Å². The highest BCUT2D eigenvalue weighted by atomic mass is 16.3. The van der Waals surface area contributed by atoms with Gasteiger partial charge in [0.15, 0.2) is 0 Å². The Balaban J connectivity index is 1.95. The molecule has 3 nitrogen and oxygen atoms in total. The van der Waals surface area contributed by atoms with E-state index in [1.54, 1.807) is 6.08 Å². The van der Waals surface area contributed by atoms with Gasteiger partial charge < -0.3 is 10.4 Å². The summed E-state index contributed by atoms with van der Waals surface area (Å²) in [5, 5.41) is 12.7. The summed E-state index contributed by atoms with van der Waals surface area (Å²) in [6.07, 6.45) is 6.76. The van der Waals surface area contributed by atoms with Crippen LogP contribution in [-0.2, 0) is 4.79 Å². The van der Waals surface area contributed by atoms with E-state index in [9.17, 15) is 9.90 Å². The van der Waals surface area contributed by atoms with Crippen LogP contribution in [0.25, 0.3) is 6.08 Å². The molecule has 108 valence electrons. The van der Waals surface area contributed by atoms with E-state index in [2.05, 4.69) is 18.3 Å². The molecule has 0 heterocycles. The van der Waals surface area contributed by atoms with E-state index in [1.807, 2.05) is 25.1 Å². The van der Waals surface area contributed by atoms with Gasteiger partial charge in [-0.3, -0.25) is 4.79 Å². The molecule has 1 aliphatic carbocycles. The highest BCUT2D eigenvalue weighted by Gasteiger charge is 2.23. The number of nitrogens with one attached hydrogen (secondary N) is 1. The van der Waals surface area contributed by atoms with Crippen LogP contribution < -0.4 is 5.32 Å². The largest absolute Gasteiger partial charge is 0.391 e. The molecule has 2 atom stereocenters. The normalized spacial score (nSPS) is 22.9. The first kappa shape index (κ1) is 14.8. The Morgan fingerprint density at radius 3 is 2.75 bits per heavy atom. The molecular formula is C17H23NO2. The zero-order valence-corrected chi connectivity index (χ0v) is 12.2. The van der Waals surface area contributed by atoms with Crippen LogP contribution in [0.2, 0.25) is 0 Å². The first-order chi connectivity index (χ1) is 9.56. The minimum absolute atomic E-state index is 0.0972. The molecule has 0 aromatic heterocycles. The molecule has 0 aliphatic heterocycles. The lowest BCUT2D eigenvalue weighted by Gasteiger charge is -2.27. The predicted molar refractivity (Wildman–Crippen MR) is 81.4 cm³/mol. The fourth-order valence-electron chi connectivity index (χ4n) is 2.69. The SMILES string of the molecule is Cc1ccc(/C=C/C(=O)N[C@@H]2CCCC[C@H]2O)c(C)c1. The number of amides is 1. The Morgan fingerprint density at radius 1 is 1.30 bits per heavy atom. The van der Waals surface area contributed by atoms with Gasteiger partial charge in [0, 0.05) is 6.08 Å². The summed E-state index contributed by atoms with van der Waals surface area (Å²) in [5.74, 6) is -0.129. The van der Waals surface area contributed by atoms with Gasteiger partial charge in [-0.2, -0.15) is 0 Å².